The van der Waals surface area contributed by atoms with Crippen LogP contribution in [0.1, 0.15) is 52.9 Å². The van der Waals surface area contributed by atoms with Gasteiger partial charge in [-0.05, 0) is 50.4 Å². The summed E-state index contributed by atoms with van der Waals surface area (Å²) in [4.78, 5) is 16.7. The van der Waals surface area contributed by atoms with Crippen molar-refractivity contribution in [3.05, 3.63) is 22.8 Å². The molecule has 0 aromatic rings. The lowest BCUT2D eigenvalue weighted by atomic mass is 9.68. The van der Waals surface area contributed by atoms with Gasteiger partial charge in [-0.2, -0.15) is 5.26 Å². The number of nitrogens with two attached hydrogens (primary N) is 1. The summed E-state index contributed by atoms with van der Waals surface area (Å²) in [5.41, 5.74) is 7.72. The van der Waals surface area contributed by atoms with Crippen LogP contribution in [0.25, 0.3) is 0 Å². The van der Waals surface area contributed by atoms with Crippen LogP contribution >= 0.6 is 0 Å². The van der Waals surface area contributed by atoms with Crippen molar-refractivity contribution in [3.63, 3.8) is 0 Å². The Kier molecular flexibility index (Phi) is 4.49. The minimum absolute atomic E-state index is 0.162. The average Bonchev–Trinajstić information content (AvgIpc) is 2.53. The standard InChI is InChI=1S/C19H25N3O2/c1-10(2)12-4-6-13(7-5-12)16-14(9-20)18(21)24-15-8-11(3)22-19(23)17(15)16/h10,12-13,16H,4-8,21H2,1-3H3. The Hall–Kier alpha value is -2.09. The number of hydrogen-bond donors (Lipinski definition) is 1. The molecule has 0 saturated heterocycles. The third kappa shape index (κ3) is 2.86. The largest absolute Gasteiger partial charge is 0.444 e. The summed E-state index contributed by atoms with van der Waals surface area (Å²) < 4.78 is 5.63. The van der Waals surface area contributed by atoms with E-state index >= 15 is 0 Å². The normalized spacial score (nSPS) is 30.7. The highest BCUT2D eigenvalue weighted by Crippen LogP contribution is 2.46. The first-order valence-electron chi connectivity index (χ1n) is 8.81. The molecule has 0 spiro atoms. The lowest BCUT2D eigenvalue weighted by molar-refractivity contribution is -0.115. The Morgan fingerprint density at radius 2 is 1.96 bits per heavy atom. The molecule has 24 heavy (non-hydrogen) atoms. The number of hydrogen-bond acceptors (Lipinski definition) is 4. The smallest absolute Gasteiger partial charge is 0.276 e. The molecule has 1 amide bonds. The van der Waals surface area contributed by atoms with E-state index in [9.17, 15) is 10.1 Å². The SMILES string of the molecule is CC1=NC(=O)C2=C(C1)OC(N)=C(C#N)C2C1CCC(C(C)C)CC1. The van der Waals surface area contributed by atoms with Gasteiger partial charge in [0.05, 0.1) is 11.1 Å². The number of aliphatic imine (C=N–C) groups is 1. The number of ether oxygens (including phenoxy) is 1. The molecule has 1 saturated carbocycles. The van der Waals surface area contributed by atoms with Crippen molar-refractivity contribution in [2.24, 2.45) is 34.4 Å². The Morgan fingerprint density at radius 3 is 2.54 bits per heavy atom. The summed E-state index contributed by atoms with van der Waals surface area (Å²) in [6.07, 6.45) is 4.80. The van der Waals surface area contributed by atoms with E-state index in [1.165, 1.54) is 0 Å². The second-order valence-electron chi connectivity index (χ2n) is 7.55. The van der Waals surface area contributed by atoms with Crippen molar-refractivity contribution in [1.29, 1.82) is 5.26 Å². The summed E-state index contributed by atoms with van der Waals surface area (Å²) in [7, 11) is 0. The molecule has 128 valence electrons. The number of amides is 1. The van der Waals surface area contributed by atoms with Gasteiger partial charge >= 0.3 is 0 Å². The molecule has 3 aliphatic rings. The summed E-state index contributed by atoms with van der Waals surface area (Å²) in [6, 6.07) is 2.19. The van der Waals surface area contributed by atoms with Crippen LogP contribution in [0.2, 0.25) is 0 Å². The molecule has 0 aromatic heterocycles. The van der Waals surface area contributed by atoms with E-state index in [0.29, 0.717) is 29.2 Å². The number of dihydropyridines is 1. The van der Waals surface area contributed by atoms with Gasteiger partial charge in [0.2, 0.25) is 5.88 Å². The van der Waals surface area contributed by atoms with Gasteiger partial charge in [-0.15, -0.1) is 0 Å². The Morgan fingerprint density at radius 1 is 1.29 bits per heavy atom. The molecule has 2 heterocycles. The van der Waals surface area contributed by atoms with E-state index in [1.807, 2.05) is 6.92 Å². The van der Waals surface area contributed by atoms with Gasteiger partial charge in [0.15, 0.2) is 0 Å². The second-order valence-corrected chi connectivity index (χ2v) is 7.55. The summed E-state index contributed by atoms with van der Waals surface area (Å²) in [6.45, 7) is 6.34. The first-order valence-corrected chi connectivity index (χ1v) is 8.81. The molecule has 1 aliphatic carbocycles. The zero-order valence-electron chi connectivity index (χ0n) is 14.6. The van der Waals surface area contributed by atoms with Gasteiger partial charge in [0.25, 0.3) is 5.91 Å². The predicted molar refractivity (Wildman–Crippen MR) is 91.4 cm³/mol. The van der Waals surface area contributed by atoms with Gasteiger partial charge in [-0.1, -0.05) is 13.8 Å². The molecular formula is C19H25N3O2. The molecule has 2 N–H and O–H groups in total. The monoisotopic (exact) mass is 327 g/mol. The fraction of sp³-hybridized carbons (Fsp3) is 0.632. The number of carbonyl (C=O) groups excluding carboxylic acids is 1. The summed E-state index contributed by atoms with van der Waals surface area (Å²) >= 11 is 0. The highest BCUT2D eigenvalue weighted by molar-refractivity contribution is 6.07. The van der Waals surface area contributed by atoms with Crippen molar-refractivity contribution < 1.29 is 9.53 Å². The molecule has 0 aromatic carbocycles. The fourth-order valence-electron chi connectivity index (χ4n) is 4.34. The average molecular weight is 327 g/mol. The summed E-state index contributed by atoms with van der Waals surface area (Å²) in [5.74, 6) is 1.91. The molecule has 1 fully saturated rings. The maximum Gasteiger partial charge on any atom is 0.276 e. The van der Waals surface area contributed by atoms with Crippen molar-refractivity contribution >= 4 is 11.6 Å². The first-order chi connectivity index (χ1) is 11.4. The van der Waals surface area contributed by atoms with E-state index < -0.39 is 0 Å². The lowest BCUT2D eigenvalue weighted by Crippen LogP contribution is -2.35. The zero-order chi connectivity index (χ0) is 17.4. The van der Waals surface area contributed by atoms with Gasteiger partial charge < -0.3 is 10.5 Å². The third-order valence-electron chi connectivity index (χ3n) is 5.71. The van der Waals surface area contributed by atoms with Gasteiger partial charge in [0.1, 0.15) is 11.8 Å². The minimum Gasteiger partial charge on any atom is -0.444 e. The van der Waals surface area contributed by atoms with Crippen molar-refractivity contribution in [3.8, 4) is 6.07 Å². The van der Waals surface area contributed by atoms with E-state index in [0.717, 1.165) is 37.3 Å². The maximum absolute atomic E-state index is 12.5. The third-order valence-corrected chi connectivity index (χ3v) is 5.71. The maximum atomic E-state index is 12.5. The van der Waals surface area contributed by atoms with Gasteiger partial charge in [0, 0.05) is 18.1 Å². The number of nitriles is 1. The van der Waals surface area contributed by atoms with Crippen LogP contribution in [-0.4, -0.2) is 11.6 Å². The fourth-order valence-corrected chi connectivity index (χ4v) is 4.34. The molecule has 2 aliphatic heterocycles. The van der Waals surface area contributed by atoms with Gasteiger partial charge in [-0.25, -0.2) is 4.99 Å². The Balaban J connectivity index is 1.92. The molecule has 3 rings (SSSR count). The number of nitrogens with zero attached hydrogens (tertiary/aromatic N) is 2. The predicted octanol–water partition coefficient (Wildman–Crippen LogP) is 3.43. The van der Waals surface area contributed by atoms with E-state index in [4.69, 9.17) is 10.5 Å². The Labute approximate surface area is 143 Å². The van der Waals surface area contributed by atoms with E-state index in [2.05, 4.69) is 24.9 Å². The minimum atomic E-state index is -0.259. The van der Waals surface area contributed by atoms with Crippen LogP contribution in [0.15, 0.2) is 27.8 Å². The topological polar surface area (TPSA) is 88.5 Å². The van der Waals surface area contributed by atoms with Crippen LogP contribution in [0.5, 0.6) is 0 Å². The van der Waals surface area contributed by atoms with Gasteiger partial charge in [-0.3, -0.25) is 4.79 Å². The number of carbonyl (C=O) groups is 1. The summed E-state index contributed by atoms with van der Waals surface area (Å²) in [5, 5.41) is 9.59. The Bertz CT molecular complexity index is 686. The number of rotatable bonds is 2. The molecule has 5 heteroatoms. The van der Waals surface area contributed by atoms with E-state index in [-0.39, 0.29) is 23.6 Å². The van der Waals surface area contributed by atoms with E-state index in [1.54, 1.807) is 0 Å². The zero-order valence-corrected chi connectivity index (χ0v) is 14.6. The van der Waals surface area contributed by atoms with Crippen molar-refractivity contribution in [2.75, 3.05) is 0 Å². The lowest BCUT2D eigenvalue weighted by Gasteiger charge is -2.38. The highest BCUT2D eigenvalue weighted by Gasteiger charge is 2.42. The van der Waals surface area contributed by atoms with Crippen LogP contribution < -0.4 is 5.73 Å². The molecular weight excluding hydrogens is 302 g/mol. The first kappa shape index (κ1) is 16.8. The van der Waals surface area contributed by atoms with Crippen LogP contribution in [0.3, 0.4) is 0 Å². The quantitative estimate of drug-likeness (QED) is 0.841. The number of allylic oxidation sites excluding steroid dienone is 2. The van der Waals surface area contributed by atoms with Crippen molar-refractivity contribution in [2.45, 2.75) is 52.9 Å². The van der Waals surface area contributed by atoms with Crippen LogP contribution in [0.4, 0.5) is 0 Å². The van der Waals surface area contributed by atoms with Crippen molar-refractivity contribution in [1.82, 2.24) is 0 Å². The molecule has 0 radical (unpaired) electrons. The molecule has 0 bridgehead atoms. The second kappa shape index (κ2) is 6.43. The molecule has 1 atom stereocenters. The molecule has 1 unspecified atom stereocenters. The highest BCUT2D eigenvalue weighted by atomic mass is 16.5. The molecule has 5 nitrogen and oxygen atoms in total. The van der Waals surface area contributed by atoms with Crippen LogP contribution in [0, 0.1) is 35.0 Å². The van der Waals surface area contributed by atoms with Crippen LogP contribution in [-0.2, 0) is 9.53 Å².